The molecule has 0 saturated carbocycles. The first-order chi connectivity index (χ1) is 13.8. The number of anilines is 2. The lowest BCUT2D eigenvalue weighted by Crippen LogP contribution is -2.43. The molecule has 0 atom stereocenters. The van der Waals surface area contributed by atoms with Gasteiger partial charge in [-0.15, -0.1) is 0 Å². The van der Waals surface area contributed by atoms with Crippen molar-refractivity contribution in [3.05, 3.63) is 59.7 Å². The minimum atomic E-state index is -4.41. The van der Waals surface area contributed by atoms with Crippen LogP contribution in [0.2, 0.25) is 0 Å². The molecule has 2 aromatic rings. The third-order valence-corrected chi connectivity index (χ3v) is 4.86. The van der Waals surface area contributed by atoms with E-state index in [-0.39, 0.29) is 18.1 Å². The van der Waals surface area contributed by atoms with Crippen molar-refractivity contribution in [2.24, 2.45) is 0 Å². The molecule has 1 heterocycles. The lowest BCUT2D eigenvalue weighted by molar-refractivity contribution is -0.137. The molecule has 3 rings (SSSR count). The first-order valence-corrected chi connectivity index (χ1v) is 9.50. The second kappa shape index (κ2) is 9.28. The summed E-state index contributed by atoms with van der Waals surface area (Å²) in [6.07, 6.45) is -4.41. The van der Waals surface area contributed by atoms with Crippen LogP contribution in [0.25, 0.3) is 0 Å². The summed E-state index contributed by atoms with van der Waals surface area (Å²) in [7, 11) is 2.11. The predicted octanol–water partition coefficient (Wildman–Crippen LogP) is 3.50. The molecule has 156 valence electrons. The standard InChI is InChI=1S/C21H25F3N4O/c1-27-8-10-28(11-9-27)15-16-4-2-7-19(12-16)26-20(29)14-25-18-6-3-5-17(13-18)21(22,23)24/h2-7,12-13,25H,8-11,14-15H2,1H3,(H,26,29). The van der Waals surface area contributed by atoms with Crippen LogP contribution in [-0.4, -0.2) is 55.5 Å². The largest absolute Gasteiger partial charge is 0.416 e. The number of amides is 1. The van der Waals surface area contributed by atoms with Crippen LogP contribution >= 0.6 is 0 Å². The fourth-order valence-electron chi connectivity index (χ4n) is 3.20. The Hall–Kier alpha value is -2.58. The molecule has 0 spiro atoms. The van der Waals surface area contributed by atoms with Crippen LogP contribution in [0.4, 0.5) is 24.5 Å². The number of benzene rings is 2. The van der Waals surface area contributed by atoms with Gasteiger partial charge in [0, 0.05) is 44.1 Å². The molecule has 1 amide bonds. The van der Waals surface area contributed by atoms with Gasteiger partial charge in [-0.05, 0) is 42.9 Å². The quantitative estimate of drug-likeness (QED) is 0.771. The van der Waals surface area contributed by atoms with Gasteiger partial charge in [-0.2, -0.15) is 13.2 Å². The summed E-state index contributed by atoms with van der Waals surface area (Å²) < 4.78 is 38.3. The lowest BCUT2D eigenvalue weighted by Gasteiger charge is -2.32. The number of alkyl halides is 3. The summed E-state index contributed by atoms with van der Waals surface area (Å²) in [6.45, 7) is 4.79. The molecule has 5 nitrogen and oxygen atoms in total. The van der Waals surface area contributed by atoms with Crippen molar-refractivity contribution >= 4 is 17.3 Å². The highest BCUT2D eigenvalue weighted by Crippen LogP contribution is 2.30. The first kappa shape index (κ1) is 21.1. The molecule has 2 aromatic carbocycles. The summed E-state index contributed by atoms with van der Waals surface area (Å²) in [5, 5.41) is 5.53. The number of nitrogens with zero attached hydrogens (tertiary/aromatic N) is 2. The molecular formula is C21H25F3N4O. The highest BCUT2D eigenvalue weighted by molar-refractivity contribution is 5.93. The van der Waals surface area contributed by atoms with E-state index in [0.717, 1.165) is 50.4 Å². The summed E-state index contributed by atoms with van der Waals surface area (Å²) in [6, 6.07) is 12.4. The SMILES string of the molecule is CN1CCN(Cc2cccc(NC(=O)CNc3cccc(C(F)(F)F)c3)c2)CC1. The average molecular weight is 406 g/mol. The number of likely N-dealkylation sites (N-methyl/N-ethyl adjacent to an activating group) is 1. The van der Waals surface area contributed by atoms with Crippen molar-refractivity contribution < 1.29 is 18.0 Å². The monoisotopic (exact) mass is 406 g/mol. The molecule has 2 N–H and O–H groups in total. The van der Waals surface area contributed by atoms with E-state index < -0.39 is 11.7 Å². The van der Waals surface area contributed by atoms with Crippen LogP contribution in [-0.2, 0) is 17.5 Å². The Morgan fingerprint density at radius 3 is 2.41 bits per heavy atom. The number of halogens is 3. The van der Waals surface area contributed by atoms with E-state index in [9.17, 15) is 18.0 Å². The number of hydrogen-bond acceptors (Lipinski definition) is 4. The summed E-state index contributed by atoms with van der Waals surface area (Å²) >= 11 is 0. The molecule has 0 aliphatic carbocycles. The van der Waals surface area contributed by atoms with E-state index in [2.05, 4.69) is 27.5 Å². The summed E-state index contributed by atoms with van der Waals surface area (Å²) in [5.74, 6) is -0.320. The predicted molar refractivity (Wildman–Crippen MR) is 108 cm³/mol. The highest BCUT2D eigenvalue weighted by atomic mass is 19.4. The minimum absolute atomic E-state index is 0.121. The highest BCUT2D eigenvalue weighted by Gasteiger charge is 2.30. The van der Waals surface area contributed by atoms with Gasteiger partial charge in [-0.3, -0.25) is 9.69 Å². The molecule has 8 heteroatoms. The summed E-state index contributed by atoms with van der Waals surface area (Å²) in [4.78, 5) is 16.9. The van der Waals surface area contributed by atoms with Gasteiger partial charge in [0.05, 0.1) is 12.1 Å². The van der Waals surface area contributed by atoms with Crippen LogP contribution in [0, 0.1) is 0 Å². The maximum atomic E-state index is 12.8. The Morgan fingerprint density at radius 2 is 1.69 bits per heavy atom. The zero-order chi connectivity index (χ0) is 20.9. The van der Waals surface area contributed by atoms with Crippen LogP contribution in [0.3, 0.4) is 0 Å². The molecule has 1 aliphatic heterocycles. The van der Waals surface area contributed by atoms with Gasteiger partial charge < -0.3 is 15.5 Å². The number of nitrogens with one attached hydrogen (secondary N) is 2. The van der Waals surface area contributed by atoms with E-state index in [0.29, 0.717) is 5.69 Å². The molecule has 0 bridgehead atoms. The topological polar surface area (TPSA) is 47.6 Å². The van der Waals surface area contributed by atoms with Crippen LogP contribution in [0.1, 0.15) is 11.1 Å². The van der Waals surface area contributed by atoms with Crippen molar-refractivity contribution in [2.45, 2.75) is 12.7 Å². The van der Waals surface area contributed by atoms with Gasteiger partial charge >= 0.3 is 6.18 Å². The maximum Gasteiger partial charge on any atom is 0.416 e. The van der Waals surface area contributed by atoms with Crippen molar-refractivity contribution in [3.63, 3.8) is 0 Å². The zero-order valence-corrected chi connectivity index (χ0v) is 16.3. The van der Waals surface area contributed by atoms with Crippen LogP contribution < -0.4 is 10.6 Å². The minimum Gasteiger partial charge on any atom is -0.376 e. The van der Waals surface area contributed by atoms with Gasteiger partial charge in [0.1, 0.15) is 0 Å². The first-order valence-electron chi connectivity index (χ1n) is 9.50. The molecule has 0 radical (unpaired) electrons. The van der Waals surface area contributed by atoms with Crippen LogP contribution in [0.15, 0.2) is 48.5 Å². The van der Waals surface area contributed by atoms with E-state index >= 15 is 0 Å². The van der Waals surface area contributed by atoms with E-state index in [1.165, 1.54) is 12.1 Å². The fourth-order valence-corrected chi connectivity index (χ4v) is 3.20. The van der Waals surface area contributed by atoms with Crippen molar-refractivity contribution in [1.29, 1.82) is 0 Å². The number of piperazine rings is 1. The Morgan fingerprint density at radius 1 is 1.00 bits per heavy atom. The van der Waals surface area contributed by atoms with Crippen molar-refractivity contribution in [1.82, 2.24) is 9.80 Å². The van der Waals surface area contributed by atoms with Gasteiger partial charge in [0.2, 0.25) is 5.91 Å². The molecular weight excluding hydrogens is 381 g/mol. The molecule has 1 fully saturated rings. The number of carbonyl (C=O) groups is 1. The number of hydrogen-bond donors (Lipinski definition) is 2. The van der Waals surface area contributed by atoms with Gasteiger partial charge in [0.15, 0.2) is 0 Å². The molecule has 0 aromatic heterocycles. The van der Waals surface area contributed by atoms with Gasteiger partial charge in [-0.1, -0.05) is 18.2 Å². The molecule has 0 unspecified atom stereocenters. The number of carbonyl (C=O) groups excluding carboxylic acids is 1. The van der Waals surface area contributed by atoms with Crippen molar-refractivity contribution in [2.75, 3.05) is 50.4 Å². The number of rotatable bonds is 6. The Labute approximate surface area is 168 Å². The van der Waals surface area contributed by atoms with E-state index in [1.54, 1.807) is 6.07 Å². The normalized spacial score (nSPS) is 15.9. The summed E-state index contributed by atoms with van der Waals surface area (Å²) in [5.41, 5.74) is 1.28. The van der Waals surface area contributed by atoms with Crippen LogP contribution in [0.5, 0.6) is 0 Å². The third-order valence-electron chi connectivity index (χ3n) is 4.86. The zero-order valence-electron chi connectivity index (χ0n) is 16.3. The van der Waals surface area contributed by atoms with Gasteiger partial charge in [0.25, 0.3) is 0 Å². The Bertz CT molecular complexity index is 833. The lowest BCUT2D eigenvalue weighted by atomic mass is 10.1. The second-order valence-corrected chi connectivity index (χ2v) is 7.26. The Kier molecular flexibility index (Phi) is 6.76. The van der Waals surface area contributed by atoms with E-state index in [4.69, 9.17) is 0 Å². The molecule has 1 saturated heterocycles. The van der Waals surface area contributed by atoms with Gasteiger partial charge in [-0.25, -0.2) is 0 Å². The van der Waals surface area contributed by atoms with E-state index in [1.807, 2.05) is 18.2 Å². The second-order valence-electron chi connectivity index (χ2n) is 7.26. The fraction of sp³-hybridized carbons (Fsp3) is 0.381. The maximum absolute atomic E-state index is 12.8. The average Bonchev–Trinajstić information content (AvgIpc) is 2.68. The molecule has 1 aliphatic rings. The molecule has 29 heavy (non-hydrogen) atoms. The smallest absolute Gasteiger partial charge is 0.376 e. The van der Waals surface area contributed by atoms with Crippen molar-refractivity contribution in [3.8, 4) is 0 Å². The Balaban J connectivity index is 1.52. The third kappa shape index (κ3) is 6.47.